The second-order valence-electron chi connectivity index (χ2n) is 4.18. The fourth-order valence-corrected chi connectivity index (χ4v) is 1.95. The monoisotopic (exact) mass is 221 g/mol. The lowest BCUT2D eigenvalue weighted by Gasteiger charge is -2.15. The van der Waals surface area contributed by atoms with Crippen LogP contribution in [-0.2, 0) is 4.79 Å². The van der Waals surface area contributed by atoms with Crippen molar-refractivity contribution in [1.82, 2.24) is 0 Å². The van der Waals surface area contributed by atoms with Crippen LogP contribution in [0, 0.1) is 13.8 Å². The highest BCUT2D eigenvalue weighted by Crippen LogP contribution is 2.25. The first-order valence-corrected chi connectivity index (χ1v) is 5.56. The molecule has 0 aromatic heterocycles. The topological polar surface area (TPSA) is 63.3 Å². The van der Waals surface area contributed by atoms with Gasteiger partial charge < -0.3 is 10.8 Å². The fourth-order valence-electron chi connectivity index (χ4n) is 1.95. The van der Waals surface area contributed by atoms with E-state index >= 15 is 0 Å². The highest BCUT2D eigenvalue weighted by Gasteiger charge is 2.20. The molecular weight excluding hydrogens is 202 g/mol. The Morgan fingerprint density at radius 1 is 1.44 bits per heavy atom. The smallest absolute Gasteiger partial charge is 0.310 e. The first-order chi connectivity index (χ1) is 7.56. The molecule has 1 unspecified atom stereocenters. The van der Waals surface area contributed by atoms with E-state index in [1.165, 1.54) is 0 Å². The predicted molar refractivity (Wildman–Crippen MR) is 64.6 cm³/mol. The third-order valence-corrected chi connectivity index (χ3v) is 2.80. The quantitative estimate of drug-likeness (QED) is 0.801. The molecule has 0 radical (unpaired) electrons. The molecule has 3 heteroatoms. The van der Waals surface area contributed by atoms with Crippen LogP contribution in [-0.4, -0.2) is 17.6 Å². The van der Waals surface area contributed by atoms with E-state index in [2.05, 4.69) is 0 Å². The Morgan fingerprint density at radius 3 is 2.62 bits per heavy atom. The van der Waals surface area contributed by atoms with Crippen LogP contribution in [0.1, 0.15) is 35.4 Å². The molecule has 3 N–H and O–H groups in total. The average Bonchev–Trinajstić information content (AvgIpc) is 2.20. The minimum absolute atomic E-state index is 0.427. The van der Waals surface area contributed by atoms with Gasteiger partial charge in [0, 0.05) is 0 Å². The third kappa shape index (κ3) is 3.07. The van der Waals surface area contributed by atoms with Crippen molar-refractivity contribution in [3.63, 3.8) is 0 Å². The second-order valence-corrected chi connectivity index (χ2v) is 4.18. The molecule has 3 nitrogen and oxygen atoms in total. The summed E-state index contributed by atoms with van der Waals surface area (Å²) in [6.07, 6.45) is 1.35. The molecule has 0 heterocycles. The molecule has 1 aromatic rings. The Hall–Kier alpha value is -1.35. The van der Waals surface area contributed by atoms with Gasteiger partial charge in [-0.05, 0) is 44.4 Å². The highest BCUT2D eigenvalue weighted by atomic mass is 16.4. The van der Waals surface area contributed by atoms with E-state index < -0.39 is 11.9 Å². The summed E-state index contributed by atoms with van der Waals surface area (Å²) in [5.41, 5.74) is 8.54. The van der Waals surface area contributed by atoms with E-state index in [-0.39, 0.29) is 0 Å². The summed E-state index contributed by atoms with van der Waals surface area (Å²) in [6.45, 7) is 4.50. The van der Waals surface area contributed by atoms with Gasteiger partial charge in [-0.3, -0.25) is 4.79 Å². The number of nitrogens with two attached hydrogens (primary N) is 1. The molecule has 0 amide bonds. The molecule has 0 bridgehead atoms. The minimum Gasteiger partial charge on any atom is -0.481 e. The molecule has 1 rings (SSSR count). The highest BCUT2D eigenvalue weighted by molar-refractivity contribution is 5.76. The van der Waals surface area contributed by atoms with E-state index in [1.807, 2.05) is 32.0 Å². The van der Waals surface area contributed by atoms with Gasteiger partial charge in [-0.25, -0.2) is 0 Å². The van der Waals surface area contributed by atoms with Gasteiger partial charge in [-0.15, -0.1) is 0 Å². The Balaban J connectivity index is 2.96. The Labute approximate surface area is 96.3 Å². The summed E-state index contributed by atoms with van der Waals surface area (Å²) in [4.78, 5) is 11.2. The molecule has 0 aliphatic rings. The van der Waals surface area contributed by atoms with Crippen LogP contribution < -0.4 is 5.73 Å². The lowest BCUT2D eigenvalue weighted by molar-refractivity contribution is -0.139. The molecule has 0 aliphatic heterocycles. The van der Waals surface area contributed by atoms with Crippen molar-refractivity contribution in [3.05, 3.63) is 34.9 Å². The largest absolute Gasteiger partial charge is 0.481 e. The number of aryl methyl sites for hydroxylation is 2. The van der Waals surface area contributed by atoms with Gasteiger partial charge in [0.2, 0.25) is 0 Å². The number of carboxylic acid groups (broad SMARTS) is 1. The van der Waals surface area contributed by atoms with Crippen LogP contribution >= 0.6 is 0 Å². The predicted octanol–water partition coefficient (Wildman–Crippen LogP) is 2.21. The van der Waals surface area contributed by atoms with E-state index in [0.717, 1.165) is 23.1 Å². The summed E-state index contributed by atoms with van der Waals surface area (Å²) in [5.74, 6) is -1.19. The summed E-state index contributed by atoms with van der Waals surface area (Å²) < 4.78 is 0. The van der Waals surface area contributed by atoms with Gasteiger partial charge in [0.1, 0.15) is 0 Å². The standard InChI is InChI=1S/C13H19NO2/c1-9-5-6-11(10(2)8-9)12(13(15)16)4-3-7-14/h5-6,8,12H,3-4,7,14H2,1-2H3,(H,15,16). The molecule has 0 aliphatic carbocycles. The zero-order valence-corrected chi connectivity index (χ0v) is 9.86. The van der Waals surface area contributed by atoms with Crippen molar-refractivity contribution in [2.75, 3.05) is 6.54 Å². The number of hydrogen-bond acceptors (Lipinski definition) is 2. The molecule has 1 atom stereocenters. The lowest BCUT2D eigenvalue weighted by Crippen LogP contribution is -2.14. The van der Waals surface area contributed by atoms with Crippen LogP contribution in [0.2, 0.25) is 0 Å². The van der Waals surface area contributed by atoms with Gasteiger partial charge in [0.05, 0.1) is 5.92 Å². The van der Waals surface area contributed by atoms with Crippen molar-refractivity contribution in [2.45, 2.75) is 32.6 Å². The van der Waals surface area contributed by atoms with E-state index in [1.54, 1.807) is 0 Å². The number of aliphatic carboxylic acids is 1. The van der Waals surface area contributed by atoms with Crippen molar-refractivity contribution in [3.8, 4) is 0 Å². The van der Waals surface area contributed by atoms with Crippen LogP contribution in [0.3, 0.4) is 0 Å². The summed E-state index contributed by atoms with van der Waals surface area (Å²) in [7, 11) is 0. The Kier molecular flexibility index (Phi) is 4.50. The number of benzene rings is 1. The van der Waals surface area contributed by atoms with Gasteiger partial charge in [0.25, 0.3) is 0 Å². The number of carboxylic acids is 1. The zero-order chi connectivity index (χ0) is 12.1. The van der Waals surface area contributed by atoms with E-state index in [0.29, 0.717) is 13.0 Å². The zero-order valence-electron chi connectivity index (χ0n) is 9.86. The van der Waals surface area contributed by atoms with Crippen LogP contribution in [0.5, 0.6) is 0 Å². The first-order valence-electron chi connectivity index (χ1n) is 5.56. The maximum atomic E-state index is 11.2. The fraction of sp³-hybridized carbons (Fsp3) is 0.462. The summed E-state index contributed by atoms with van der Waals surface area (Å²) in [6, 6.07) is 5.90. The van der Waals surface area contributed by atoms with Gasteiger partial charge >= 0.3 is 5.97 Å². The van der Waals surface area contributed by atoms with E-state index in [9.17, 15) is 9.90 Å². The van der Waals surface area contributed by atoms with Crippen LogP contribution in [0.15, 0.2) is 18.2 Å². The molecule has 1 aromatic carbocycles. The maximum Gasteiger partial charge on any atom is 0.310 e. The molecule has 88 valence electrons. The average molecular weight is 221 g/mol. The Bertz CT molecular complexity index is 374. The molecular formula is C13H19NO2. The summed E-state index contributed by atoms with van der Waals surface area (Å²) in [5, 5.41) is 9.21. The van der Waals surface area contributed by atoms with Crippen molar-refractivity contribution >= 4 is 5.97 Å². The van der Waals surface area contributed by atoms with Gasteiger partial charge in [0.15, 0.2) is 0 Å². The van der Waals surface area contributed by atoms with Gasteiger partial charge in [-0.2, -0.15) is 0 Å². The van der Waals surface area contributed by atoms with E-state index in [4.69, 9.17) is 5.73 Å². The second kappa shape index (κ2) is 5.66. The van der Waals surface area contributed by atoms with Crippen molar-refractivity contribution in [1.29, 1.82) is 0 Å². The molecule has 0 spiro atoms. The lowest BCUT2D eigenvalue weighted by atomic mass is 9.90. The van der Waals surface area contributed by atoms with Crippen molar-refractivity contribution in [2.24, 2.45) is 5.73 Å². The number of carbonyl (C=O) groups is 1. The number of hydrogen-bond donors (Lipinski definition) is 2. The molecule has 0 fully saturated rings. The van der Waals surface area contributed by atoms with Crippen LogP contribution in [0.25, 0.3) is 0 Å². The third-order valence-electron chi connectivity index (χ3n) is 2.80. The number of rotatable bonds is 5. The summed E-state index contributed by atoms with van der Waals surface area (Å²) >= 11 is 0. The van der Waals surface area contributed by atoms with Crippen molar-refractivity contribution < 1.29 is 9.90 Å². The van der Waals surface area contributed by atoms with Gasteiger partial charge in [-0.1, -0.05) is 23.8 Å². The minimum atomic E-state index is -0.764. The molecule has 16 heavy (non-hydrogen) atoms. The molecule has 0 saturated carbocycles. The maximum absolute atomic E-state index is 11.2. The first kappa shape index (κ1) is 12.7. The van der Waals surface area contributed by atoms with Crippen LogP contribution in [0.4, 0.5) is 0 Å². The Morgan fingerprint density at radius 2 is 2.12 bits per heavy atom. The SMILES string of the molecule is Cc1ccc(C(CCCN)C(=O)O)c(C)c1. The molecule has 0 saturated heterocycles. The normalized spacial score (nSPS) is 12.4.